The number of rotatable bonds is 4. The van der Waals surface area contributed by atoms with E-state index in [1.54, 1.807) is 7.11 Å². The van der Waals surface area contributed by atoms with Crippen molar-refractivity contribution in [2.75, 3.05) is 7.11 Å². The molecule has 0 saturated heterocycles. The number of benzene rings is 1. The molecule has 98 valence electrons. The van der Waals surface area contributed by atoms with Crippen molar-refractivity contribution < 1.29 is 9.53 Å². The van der Waals surface area contributed by atoms with Crippen molar-refractivity contribution in [1.82, 2.24) is 5.32 Å². The number of amides is 1. The van der Waals surface area contributed by atoms with E-state index in [1.165, 1.54) is 0 Å². The summed E-state index contributed by atoms with van der Waals surface area (Å²) in [4.78, 5) is 12.1. The summed E-state index contributed by atoms with van der Waals surface area (Å²) in [7, 11) is 1.69. The predicted molar refractivity (Wildman–Crippen MR) is 69.9 cm³/mol. The Morgan fingerprint density at radius 3 is 2.78 bits per heavy atom. The van der Waals surface area contributed by atoms with E-state index in [0.29, 0.717) is 0 Å². The van der Waals surface area contributed by atoms with Crippen LogP contribution in [0.15, 0.2) is 30.3 Å². The summed E-state index contributed by atoms with van der Waals surface area (Å²) in [6.07, 6.45) is 3.18. The zero-order chi connectivity index (χ0) is 13.0. The molecule has 2 rings (SSSR count). The van der Waals surface area contributed by atoms with Gasteiger partial charge in [-0.3, -0.25) is 4.79 Å². The zero-order valence-electron chi connectivity index (χ0n) is 10.6. The monoisotopic (exact) mass is 248 g/mol. The molecule has 1 aliphatic carbocycles. The topological polar surface area (TPSA) is 64.3 Å². The molecule has 1 aliphatic rings. The smallest absolute Gasteiger partial charge is 0.241 e. The highest BCUT2D eigenvalue weighted by Gasteiger charge is 2.29. The van der Waals surface area contributed by atoms with Gasteiger partial charge in [0.25, 0.3) is 0 Å². The highest BCUT2D eigenvalue weighted by Crippen LogP contribution is 2.22. The van der Waals surface area contributed by atoms with E-state index in [9.17, 15) is 4.79 Å². The van der Waals surface area contributed by atoms with Crippen molar-refractivity contribution in [3.63, 3.8) is 0 Å². The number of hydrogen-bond acceptors (Lipinski definition) is 3. The highest BCUT2D eigenvalue weighted by molar-refractivity contribution is 5.83. The third-order valence-corrected chi connectivity index (χ3v) is 3.52. The van der Waals surface area contributed by atoms with Gasteiger partial charge in [-0.15, -0.1) is 0 Å². The van der Waals surface area contributed by atoms with Crippen molar-refractivity contribution in [3.05, 3.63) is 35.9 Å². The second-order valence-electron chi connectivity index (χ2n) is 4.71. The van der Waals surface area contributed by atoms with Gasteiger partial charge in [-0.1, -0.05) is 30.3 Å². The van der Waals surface area contributed by atoms with Crippen LogP contribution in [-0.2, 0) is 9.53 Å². The number of nitrogens with one attached hydrogen (secondary N) is 1. The fourth-order valence-corrected chi connectivity index (χ4v) is 2.46. The maximum atomic E-state index is 12.1. The molecule has 0 bridgehead atoms. The van der Waals surface area contributed by atoms with Crippen LogP contribution in [0.25, 0.3) is 0 Å². The molecule has 3 atom stereocenters. The number of carbonyl (C=O) groups is 1. The zero-order valence-corrected chi connectivity index (χ0v) is 10.6. The van der Waals surface area contributed by atoms with Crippen LogP contribution < -0.4 is 11.1 Å². The van der Waals surface area contributed by atoms with Gasteiger partial charge >= 0.3 is 0 Å². The standard InChI is InChI=1S/C14H20N2O2/c1-18-12-9-5-8-11(12)16-14(17)13(15)10-6-3-2-4-7-10/h2-4,6-7,11-13H,5,8-9,15H2,1H3,(H,16,17). The Morgan fingerprint density at radius 2 is 2.11 bits per heavy atom. The quantitative estimate of drug-likeness (QED) is 0.846. The molecule has 0 aliphatic heterocycles. The maximum Gasteiger partial charge on any atom is 0.241 e. The van der Waals surface area contributed by atoms with Crippen molar-refractivity contribution in [2.45, 2.75) is 37.5 Å². The van der Waals surface area contributed by atoms with E-state index >= 15 is 0 Å². The van der Waals surface area contributed by atoms with E-state index in [0.717, 1.165) is 24.8 Å². The minimum atomic E-state index is -0.607. The van der Waals surface area contributed by atoms with E-state index in [1.807, 2.05) is 30.3 Å². The third kappa shape index (κ3) is 2.89. The summed E-state index contributed by atoms with van der Waals surface area (Å²) in [6.45, 7) is 0. The highest BCUT2D eigenvalue weighted by atomic mass is 16.5. The molecule has 0 spiro atoms. The predicted octanol–water partition coefficient (Wildman–Crippen LogP) is 1.37. The number of ether oxygens (including phenoxy) is 1. The first-order chi connectivity index (χ1) is 8.72. The van der Waals surface area contributed by atoms with Gasteiger partial charge in [0.1, 0.15) is 6.04 Å². The molecule has 4 heteroatoms. The normalized spacial score (nSPS) is 24.8. The Bertz CT molecular complexity index is 394. The Morgan fingerprint density at radius 1 is 1.39 bits per heavy atom. The Balaban J connectivity index is 1.95. The Labute approximate surface area is 108 Å². The minimum absolute atomic E-state index is 0.0947. The lowest BCUT2D eigenvalue weighted by Crippen LogP contribution is -2.44. The van der Waals surface area contributed by atoms with Gasteiger partial charge in [0.2, 0.25) is 5.91 Å². The summed E-state index contributed by atoms with van der Waals surface area (Å²) >= 11 is 0. The first-order valence-corrected chi connectivity index (χ1v) is 6.36. The molecule has 1 fully saturated rings. The molecule has 1 amide bonds. The Hall–Kier alpha value is -1.39. The van der Waals surface area contributed by atoms with Gasteiger partial charge in [-0.05, 0) is 24.8 Å². The third-order valence-electron chi connectivity index (χ3n) is 3.52. The summed E-state index contributed by atoms with van der Waals surface area (Å²) in [5.41, 5.74) is 6.79. The van der Waals surface area contributed by atoms with Crippen LogP contribution >= 0.6 is 0 Å². The van der Waals surface area contributed by atoms with Gasteiger partial charge in [-0.25, -0.2) is 0 Å². The molecule has 1 aromatic rings. The molecule has 3 N–H and O–H groups in total. The van der Waals surface area contributed by atoms with E-state index in [2.05, 4.69) is 5.32 Å². The molecule has 1 aromatic carbocycles. The molecule has 4 nitrogen and oxygen atoms in total. The molecule has 0 heterocycles. The number of nitrogens with two attached hydrogens (primary N) is 1. The van der Waals surface area contributed by atoms with Crippen LogP contribution in [0.5, 0.6) is 0 Å². The first kappa shape index (κ1) is 13.1. The van der Waals surface area contributed by atoms with Gasteiger partial charge in [0.05, 0.1) is 12.1 Å². The van der Waals surface area contributed by atoms with E-state index in [-0.39, 0.29) is 18.1 Å². The summed E-state index contributed by atoms with van der Waals surface area (Å²) in [6, 6.07) is 8.90. The molecule has 0 radical (unpaired) electrons. The Kier molecular flexibility index (Phi) is 4.33. The second kappa shape index (κ2) is 5.98. The average Bonchev–Trinajstić information content (AvgIpc) is 2.86. The van der Waals surface area contributed by atoms with E-state index in [4.69, 9.17) is 10.5 Å². The SMILES string of the molecule is COC1CCCC1NC(=O)C(N)c1ccccc1. The van der Waals surface area contributed by atoms with Gasteiger partial charge in [-0.2, -0.15) is 0 Å². The van der Waals surface area contributed by atoms with Crippen LogP contribution in [-0.4, -0.2) is 25.2 Å². The van der Waals surface area contributed by atoms with Crippen LogP contribution in [0.1, 0.15) is 30.9 Å². The first-order valence-electron chi connectivity index (χ1n) is 6.36. The van der Waals surface area contributed by atoms with Crippen molar-refractivity contribution >= 4 is 5.91 Å². The fourth-order valence-electron chi connectivity index (χ4n) is 2.46. The molecule has 0 aromatic heterocycles. The lowest BCUT2D eigenvalue weighted by atomic mass is 10.1. The minimum Gasteiger partial charge on any atom is -0.379 e. The molecular formula is C14H20N2O2. The number of hydrogen-bond donors (Lipinski definition) is 2. The molecule has 18 heavy (non-hydrogen) atoms. The van der Waals surface area contributed by atoms with Crippen molar-refractivity contribution in [3.8, 4) is 0 Å². The van der Waals surface area contributed by atoms with E-state index < -0.39 is 6.04 Å². The van der Waals surface area contributed by atoms with Crippen LogP contribution in [0.3, 0.4) is 0 Å². The summed E-state index contributed by atoms with van der Waals surface area (Å²) in [5, 5.41) is 2.99. The maximum absolute atomic E-state index is 12.1. The van der Waals surface area contributed by atoms with Crippen LogP contribution in [0.2, 0.25) is 0 Å². The van der Waals surface area contributed by atoms with Gasteiger partial charge in [0, 0.05) is 7.11 Å². The molecule has 3 unspecified atom stereocenters. The van der Waals surface area contributed by atoms with Crippen molar-refractivity contribution in [2.24, 2.45) is 5.73 Å². The molecule has 1 saturated carbocycles. The van der Waals surface area contributed by atoms with Crippen LogP contribution in [0.4, 0.5) is 0 Å². The average molecular weight is 248 g/mol. The van der Waals surface area contributed by atoms with Gasteiger partial charge in [0.15, 0.2) is 0 Å². The van der Waals surface area contributed by atoms with Gasteiger partial charge < -0.3 is 15.8 Å². The summed E-state index contributed by atoms with van der Waals surface area (Å²) in [5.74, 6) is -0.129. The lowest BCUT2D eigenvalue weighted by molar-refractivity contribution is -0.124. The largest absolute Gasteiger partial charge is 0.379 e. The fraction of sp³-hybridized carbons (Fsp3) is 0.500. The summed E-state index contributed by atoms with van der Waals surface area (Å²) < 4.78 is 5.35. The number of methoxy groups -OCH3 is 1. The molecular weight excluding hydrogens is 228 g/mol. The van der Waals surface area contributed by atoms with Crippen LogP contribution in [0, 0.1) is 0 Å². The second-order valence-corrected chi connectivity index (χ2v) is 4.71. The number of carbonyl (C=O) groups excluding carboxylic acids is 1. The lowest BCUT2D eigenvalue weighted by Gasteiger charge is -2.21. The van der Waals surface area contributed by atoms with Crippen molar-refractivity contribution in [1.29, 1.82) is 0 Å².